The maximum atomic E-state index is 13.2. The molecule has 2 heterocycles. The van der Waals surface area contributed by atoms with Gasteiger partial charge in [-0.15, -0.1) is 0 Å². The van der Waals surface area contributed by atoms with Crippen LogP contribution < -0.4 is 0 Å². The normalized spacial score (nSPS) is 23.7. The fraction of sp³-hybridized carbons (Fsp3) is 0.333. The molecule has 0 saturated carbocycles. The van der Waals surface area contributed by atoms with Gasteiger partial charge in [0.2, 0.25) is 0 Å². The number of amidine groups is 1. The molecule has 0 bridgehead atoms. The number of rotatable bonds is 5. The van der Waals surface area contributed by atoms with Gasteiger partial charge in [-0.25, -0.2) is 12.8 Å². The summed E-state index contributed by atoms with van der Waals surface area (Å²) >= 11 is 7.25. The fourth-order valence-corrected chi connectivity index (χ4v) is 7.84. The molecule has 158 valence electrons. The van der Waals surface area contributed by atoms with Crippen molar-refractivity contribution in [3.63, 3.8) is 0 Å². The first kappa shape index (κ1) is 21.3. The molecule has 0 unspecified atom stereocenters. The lowest BCUT2D eigenvalue weighted by Crippen LogP contribution is -2.39. The molecule has 5 nitrogen and oxygen atoms in total. The minimum atomic E-state index is -3.10. The lowest BCUT2D eigenvalue weighted by molar-refractivity contribution is -0.117. The van der Waals surface area contributed by atoms with E-state index in [1.807, 2.05) is 4.90 Å². The molecule has 0 spiro atoms. The first-order chi connectivity index (χ1) is 14.3. The number of hydrogen-bond donors (Lipinski definition) is 0. The summed E-state index contributed by atoms with van der Waals surface area (Å²) in [5.41, 5.74) is 1.76. The molecule has 2 atom stereocenters. The molecular weight excluding hydrogens is 447 g/mol. The van der Waals surface area contributed by atoms with E-state index in [2.05, 4.69) is 4.99 Å². The highest BCUT2D eigenvalue weighted by Gasteiger charge is 2.48. The van der Waals surface area contributed by atoms with Crippen LogP contribution in [-0.4, -0.2) is 53.7 Å². The lowest BCUT2D eigenvalue weighted by Gasteiger charge is -2.24. The van der Waals surface area contributed by atoms with Crippen molar-refractivity contribution in [1.29, 1.82) is 0 Å². The van der Waals surface area contributed by atoms with Crippen LogP contribution >= 0.6 is 23.4 Å². The lowest BCUT2D eigenvalue weighted by atomic mass is 10.1. The molecule has 4 rings (SSSR count). The number of carbonyl (C=O) groups is 1. The Morgan fingerprint density at radius 2 is 1.77 bits per heavy atom. The predicted molar refractivity (Wildman–Crippen MR) is 118 cm³/mol. The minimum Gasteiger partial charge on any atom is -0.346 e. The highest BCUT2D eigenvalue weighted by Crippen LogP contribution is 2.38. The summed E-state index contributed by atoms with van der Waals surface area (Å²) in [4.78, 5) is 18.8. The molecule has 0 aromatic heterocycles. The van der Waals surface area contributed by atoms with Crippen LogP contribution in [0.15, 0.2) is 53.5 Å². The number of hydrogen-bond acceptors (Lipinski definition) is 4. The standard InChI is InChI=1S/C21H20ClFN2O3S2/c22-16-5-1-15(2-6-16)11-20(26)24-21-25(10-9-14-3-7-17(23)8-4-14)18-12-30(27,28)13-19(18)29-21/h1-8,18-19H,9-13H2/t18-,19-/m1/s1. The Balaban J connectivity index is 1.50. The van der Waals surface area contributed by atoms with Gasteiger partial charge in [0.05, 0.1) is 24.0 Å². The predicted octanol–water partition coefficient (Wildman–Crippen LogP) is 3.36. The molecule has 2 aliphatic rings. The van der Waals surface area contributed by atoms with Crippen LogP contribution in [0.3, 0.4) is 0 Å². The first-order valence-corrected chi connectivity index (χ1v) is 12.6. The molecule has 2 saturated heterocycles. The van der Waals surface area contributed by atoms with Gasteiger partial charge in [-0.2, -0.15) is 4.99 Å². The topological polar surface area (TPSA) is 66.8 Å². The Bertz CT molecular complexity index is 1070. The third-order valence-corrected chi connectivity index (χ3v) is 8.72. The second-order valence-electron chi connectivity index (χ2n) is 7.46. The number of thioether (sulfide) groups is 1. The number of benzene rings is 2. The Labute approximate surface area is 184 Å². The fourth-order valence-electron chi connectivity index (χ4n) is 3.72. The van der Waals surface area contributed by atoms with Crippen molar-refractivity contribution in [3.8, 4) is 0 Å². The average molecular weight is 467 g/mol. The summed E-state index contributed by atoms with van der Waals surface area (Å²) < 4.78 is 37.4. The molecule has 0 aliphatic carbocycles. The van der Waals surface area contributed by atoms with E-state index >= 15 is 0 Å². The van der Waals surface area contributed by atoms with E-state index in [9.17, 15) is 17.6 Å². The zero-order valence-electron chi connectivity index (χ0n) is 16.0. The number of fused-ring (bicyclic) bond motifs is 1. The third-order valence-electron chi connectivity index (χ3n) is 5.22. The second kappa shape index (κ2) is 8.69. The Morgan fingerprint density at radius 3 is 2.47 bits per heavy atom. The average Bonchev–Trinajstić information content (AvgIpc) is 3.14. The molecule has 2 aromatic carbocycles. The highest BCUT2D eigenvalue weighted by molar-refractivity contribution is 8.15. The van der Waals surface area contributed by atoms with Gasteiger partial charge < -0.3 is 4.90 Å². The maximum Gasteiger partial charge on any atom is 0.252 e. The number of halogens is 2. The summed E-state index contributed by atoms with van der Waals surface area (Å²) in [6.45, 7) is 0.516. The summed E-state index contributed by atoms with van der Waals surface area (Å²) in [6, 6.07) is 13.1. The van der Waals surface area contributed by atoms with Gasteiger partial charge in [-0.3, -0.25) is 4.79 Å². The second-order valence-corrected chi connectivity index (χ2v) is 11.3. The van der Waals surface area contributed by atoms with Gasteiger partial charge in [-0.1, -0.05) is 47.6 Å². The number of nitrogens with zero attached hydrogens (tertiary/aromatic N) is 2. The zero-order chi connectivity index (χ0) is 21.3. The molecule has 2 aliphatic heterocycles. The SMILES string of the molecule is O=C(Cc1ccc(Cl)cc1)N=C1S[C@@H]2CS(=O)(=O)C[C@H]2N1CCc1ccc(F)cc1. The number of amides is 1. The summed E-state index contributed by atoms with van der Waals surface area (Å²) in [5, 5.41) is 1.05. The summed E-state index contributed by atoms with van der Waals surface area (Å²) in [6.07, 6.45) is 0.759. The minimum absolute atomic E-state index is 0.0679. The Morgan fingerprint density at radius 1 is 1.10 bits per heavy atom. The number of aliphatic imine (C=N–C) groups is 1. The molecule has 0 N–H and O–H groups in total. The summed E-state index contributed by atoms with van der Waals surface area (Å²) in [5.74, 6) is -0.417. The van der Waals surface area contributed by atoms with Crippen molar-refractivity contribution in [2.45, 2.75) is 24.1 Å². The van der Waals surface area contributed by atoms with E-state index in [4.69, 9.17) is 11.6 Å². The van der Waals surface area contributed by atoms with Crippen LogP contribution in [0.5, 0.6) is 0 Å². The maximum absolute atomic E-state index is 13.2. The van der Waals surface area contributed by atoms with Crippen LogP contribution in [0.2, 0.25) is 5.02 Å². The highest BCUT2D eigenvalue weighted by atomic mass is 35.5. The van der Waals surface area contributed by atoms with E-state index in [0.29, 0.717) is 23.2 Å². The van der Waals surface area contributed by atoms with Gasteiger partial charge in [0.1, 0.15) is 5.82 Å². The number of sulfone groups is 1. The van der Waals surface area contributed by atoms with Crippen LogP contribution in [0.25, 0.3) is 0 Å². The largest absolute Gasteiger partial charge is 0.346 e. The molecule has 0 radical (unpaired) electrons. The van der Waals surface area contributed by atoms with Crippen molar-refractivity contribution in [2.24, 2.45) is 4.99 Å². The molecular formula is C21H20ClFN2O3S2. The molecule has 2 fully saturated rings. The van der Waals surface area contributed by atoms with Crippen molar-refractivity contribution < 1.29 is 17.6 Å². The molecule has 2 aromatic rings. The Hall–Kier alpha value is -1.90. The van der Waals surface area contributed by atoms with Gasteiger partial charge in [0.15, 0.2) is 15.0 Å². The van der Waals surface area contributed by atoms with Crippen molar-refractivity contribution in [2.75, 3.05) is 18.1 Å². The molecule has 1 amide bonds. The van der Waals surface area contributed by atoms with Crippen LogP contribution in [0.1, 0.15) is 11.1 Å². The quantitative estimate of drug-likeness (QED) is 0.676. The van der Waals surface area contributed by atoms with Crippen LogP contribution in [0.4, 0.5) is 4.39 Å². The van der Waals surface area contributed by atoms with E-state index in [0.717, 1.165) is 11.1 Å². The third kappa shape index (κ3) is 5.04. The Kier molecular flexibility index (Phi) is 6.18. The van der Waals surface area contributed by atoms with Crippen LogP contribution in [0, 0.1) is 5.82 Å². The van der Waals surface area contributed by atoms with Gasteiger partial charge >= 0.3 is 0 Å². The van der Waals surface area contributed by atoms with Crippen LogP contribution in [-0.2, 0) is 27.5 Å². The molecule has 9 heteroatoms. The molecule has 30 heavy (non-hydrogen) atoms. The van der Waals surface area contributed by atoms with E-state index in [1.165, 1.54) is 23.9 Å². The van der Waals surface area contributed by atoms with Crippen molar-refractivity contribution in [1.82, 2.24) is 4.90 Å². The van der Waals surface area contributed by atoms with Gasteiger partial charge in [-0.05, 0) is 41.8 Å². The van der Waals surface area contributed by atoms with E-state index in [1.54, 1.807) is 36.4 Å². The first-order valence-electron chi connectivity index (χ1n) is 9.53. The zero-order valence-corrected chi connectivity index (χ0v) is 18.4. The van der Waals surface area contributed by atoms with Gasteiger partial charge in [0.25, 0.3) is 5.91 Å². The van der Waals surface area contributed by atoms with Crippen molar-refractivity contribution in [3.05, 3.63) is 70.5 Å². The summed E-state index contributed by atoms with van der Waals surface area (Å²) in [7, 11) is -3.10. The van der Waals surface area contributed by atoms with Crippen molar-refractivity contribution >= 4 is 44.3 Å². The number of carbonyl (C=O) groups excluding carboxylic acids is 1. The van der Waals surface area contributed by atoms with Gasteiger partial charge in [0, 0.05) is 16.8 Å². The van der Waals surface area contributed by atoms with E-state index < -0.39 is 9.84 Å². The monoisotopic (exact) mass is 466 g/mol. The van der Waals surface area contributed by atoms with E-state index in [-0.39, 0.29) is 40.9 Å². The smallest absolute Gasteiger partial charge is 0.252 e.